The number of oxazole rings is 1. The second-order valence-corrected chi connectivity index (χ2v) is 5.28. The molecule has 2 rings (SSSR count). The number of hydrogen-bond acceptors (Lipinski definition) is 4. The molecular weight excluding hydrogens is 263 g/mol. The molecule has 1 heterocycles. The van der Waals surface area contributed by atoms with Crippen molar-refractivity contribution in [1.29, 1.82) is 0 Å². The van der Waals surface area contributed by atoms with Crippen molar-refractivity contribution in [2.24, 2.45) is 0 Å². The Morgan fingerprint density at radius 2 is 2.26 bits per heavy atom. The van der Waals surface area contributed by atoms with Crippen molar-refractivity contribution in [3.05, 3.63) is 41.5 Å². The first-order valence-corrected chi connectivity index (χ1v) is 7.10. The summed E-state index contributed by atoms with van der Waals surface area (Å²) in [5.74, 6) is -0.221. The molecule has 1 N–H and O–H groups in total. The predicted molar refractivity (Wildman–Crippen MR) is 73.8 cm³/mol. The Kier molecular flexibility index (Phi) is 4.99. The highest BCUT2D eigenvalue weighted by atomic mass is 32.2. The molecule has 1 aromatic heterocycles. The van der Waals surface area contributed by atoms with Crippen molar-refractivity contribution >= 4 is 11.8 Å². The Hall–Kier alpha value is -1.33. The summed E-state index contributed by atoms with van der Waals surface area (Å²) in [5.41, 5.74) is 1.77. The van der Waals surface area contributed by atoms with Crippen LogP contribution in [-0.2, 0) is 6.54 Å². The zero-order chi connectivity index (χ0) is 13.7. The maximum absolute atomic E-state index is 13.3. The Morgan fingerprint density at radius 3 is 2.95 bits per heavy atom. The molecule has 0 aliphatic rings. The number of benzene rings is 1. The van der Waals surface area contributed by atoms with Crippen molar-refractivity contribution in [3.8, 4) is 0 Å². The summed E-state index contributed by atoms with van der Waals surface area (Å²) >= 11 is 1.42. The van der Waals surface area contributed by atoms with Gasteiger partial charge in [-0.05, 0) is 55.4 Å². The molecule has 0 fully saturated rings. The van der Waals surface area contributed by atoms with E-state index < -0.39 is 0 Å². The fourth-order valence-corrected chi connectivity index (χ4v) is 2.53. The first-order valence-electron chi connectivity index (χ1n) is 6.28. The normalized spacial score (nSPS) is 10.9. The SMILES string of the molecule is CCCNCc1cc(F)ccc1Sc1nc(C)co1. The maximum Gasteiger partial charge on any atom is 0.260 e. The smallest absolute Gasteiger partial charge is 0.260 e. The van der Waals surface area contributed by atoms with E-state index in [0.717, 1.165) is 29.1 Å². The lowest BCUT2D eigenvalue weighted by Gasteiger charge is -2.08. The molecule has 2 aromatic rings. The van der Waals surface area contributed by atoms with Gasteiger partial charge in [-0.3, -0.25) is 0 Å². The van der Waals surface area contributed by atoms with Gasteiger partial charge in [-0.25, -0.2) is 9.37 Å². The number of nitrogens with one attached hydrogen (secondary N) is 1. The van der Waals surface area contributed by atoms with Gasteiger partial charge >= 0.3 is 0 Å². The van der Waals surface area contributed by atoms with Crippen molar-refractivity contribution < 1.29 is 8.81 Å². The lowest BCUT2D eigenvalue weighted by molar-refractivity contribution is 0.454. The summed E-state index contributed by atoms with van der Waals surface area (Å²) in [7, 11) is 0. The first-order chi connectivity index (χ1) is 9.19. The summed E-state index contributed by atoms with van der Waals surface area (Å²) in [6.45, 7) is 5.54. The van der Waals surface area contributed by atoms with E-state index in [4.69, 9.17) is 4.42 Å². The molecule has 1 aromatic carbocycles. The Morgan fingerprint density at radius 1 is 1.42 bits per heavy atom. The van der Waals surface area contributed by atoms with E-state index in [1.165, 1.54) is 17.8 Å². The number of nitrogens with zero attached hydrogens (tertiary/aromatic N) is 1. The van der Waals surface area contributed by atoms with Crippen LogP contribution >= 0.6 is 11.8 Å². The summed E-state index contributed by atoms with van der Waals surface area (Å²) in [5, 5.41) is 3.86. The van der Waals surface area contributed by atoms with Gasteiger partial charge in [0.1, 0.15) is 12.1 Å². The van der Waals surface area contributed by atoms with Crippen molar-refractivity contribution in [1.82, 2.24) is 10.3 Å². The van der Waals surface area contributed by atoms with E-state index >= 15 is 0 Å². The highest BCUT2D eigenvalue weighted by Gasteiger charge is 2.09. The van der Waals surface area contributed by atoms with Crippen molar-refractivity contribution in [3.63, 3.8) is 0 Å². The Labute approximate surface area is 116 Å². The molecule has 0 amide bonds. The van der Waals surface area contributed by atoms with Crippen LogP contribution in [0.4, 0.5) is 4.39 Å². The van der Waals surface area contributed by atoms with Crippen molar-refractivity contribution in [2.75, 3.05) is 6.54 Å². The highest BCUT2D eigenvalue weighted by Crippen LogP contribution is 2.30. The summed E-state index contributed by atoms with van der Waals surface area (Å²) < 4.78 is 18.6. The standard InChI is InChI=1S/C14H17FN2OS/c1-3-6-16-8-11-7-12(15)4-5-13(11)19-14-17-10(2)9-18-14/h4-5,7,9,16H,3,6,8H2,1-2H3. The van der Waals surface area contributed by atoms with Crippen LogP contribution in [0.15, 0.2) is 39.0 Å². The highest BCUT2D eigenvalue weighted by molar-refractivity contribution is 7.99. The van der Waals surface area contributed by atoms with Gasteiger partial charge in [0.05, 0.1) is 5.69 Å². The van der Waals surface area contributed by atoms with Crippen LogP contribution in [0.1, 0.15) is 24.6 Å². The average Bonchev–Trinajstić information content (AvgIpc) is 2.78. The zero-order valence-corrected chi connectivity index (χ0v) is 11.9. The molecule has 0 saturated carbocycles. The number of rotatable bonds is 6. The van der Waals surface area contributed by atoms with Crippen LogP contribution in [0.25, 0.3) is 0 Å². The van der Waals surface area contributed by atoms with Gasteiger partial charge in [-0.15, -0.1) is 0 Å². The van der Waals surface area contributed by atoms with Gasteiger partial charge in [0, 0.05) is 11.4 Å². The molecule has 0 spiro atoms. The number of halogens is 1. The number of aromatic nitrogens is 1. The third kappa shape index (κ3) is 4.08. The molecule has 0 atom stereocenters. The van der Waals surface area contributed by atoms with Crippen LogP contribution in [0.2, 0.25) is 0 Å². The monoisotopic (exact) mass is 280 g/mol. The molecule has 0 radical (unpaired) electrons. The summed E-state index contributed by atoms with van der Waals surface area (Å²) in [6, 6.07) is 4.78. The van der Waals surface area contributed by atoms with Gasteiger partial charge in [0.15, 0.2) is 0 Å². The van der Waals surface area contributed by atoms with Crippen LogP contribution in [0, 0.1) is 12.7 Å². The van der Waals surface area contributed by atoms with E-state index in [1.807, 2.05) is 6.92 Å². The minimum atomic E-state index is -0.221. The van der Waals surface area contributed by atoms with E-state index in [1.54, 1.807) is 18.4 Å². The van der Waals surface area contributed by atoms with E-state index in [0.29, 0.717) is 11.8 Å². The molecular formula is C14H17FN2OS. The fraction of sp³-hybridized carbons (Fsp3) is 0.357. The maximum atomic E-state index is 13.3. The van der Waals surface area contributed by atoms with Crippen LogP contribution in [0.3, 0.4) is 0 Å². The number of hydrogen-bond donors (Lipinski definition) is 1. The molecule has 5 heteroatoms. The first kappa shape index (κ1) is 14.1. The van der Waals surface area contributed by atoms with Gasteiger partial charge in [0.2, 0.25) is 0 Å². The molecule has 0 unspecified atom stereocenters. The minimum absolute atomic E-state index is 0.221. The third-order valence-corrected chi connectivity index (χ3v) is 3.54. The molecule has 3 nitrogen and oxygen atoms in total. The lowest BCUT2D eigenvalue weighted by Crippen LogP contribution is -2.14. The third-order valence-electron chi connectivity index (χ3n) is 2.56. The Balaban J connectivity index is 2.14. The lowest BCUT2D eigenvalue weighted by atomic mass is 10.2. The average molecular weight is 280 g/mol. The molecule has 0 bridgehead atoms. The predicted octanol–water partition coefficient (Wildman–Crippen LogP) is 3.77. The Bertz CT molecular complexity index is 542. The largest absolute Gasteiger partial charge is 0.439 e. The number of aryl methyl sites for hydroxylation is 1. The summed E-state index contributed by atoms with van der Waals surface area (Å²) in [4.78, 5) is 5.21. The molecule has 0 aliphatic heterocycles. The van der Waals surface area contributed by atoms with Crippen molar-refractivity contribution in [2.45, 2.75) is 36.9 Å². The molecule has 0 saturated heterocycles. The second kappa shape index (κ2) is 6.73. The summed E-state index contributed by atoms with van der Waals surface area (Å²) in [6.07, 6.45) is 2.66. The molecule has 19 heavy (non-hydrogen) atoms. The second-order valence-electron chi connectivity index (χ2n) is 4.29. The molecule has 102 valence electrons. The van der Waals surface area contributed by atoms with Crippen LogP contribution < -0.4 is 5.32 Å². The van der Waals surface area contributed by atoms with E-state index in [2.05, 4.69) is 17.2 Å². The zero-order valence-electron chi connectivity index (χ0n) is 11.1. The topological polar surface area (TPSA) is 38.1 Å². The van der Waals surface area contributed by atoms with Crippen LogP contribution in [-0.4, -0.2) is 11.5 Å². The van der Waals surface area contributed by atoms with Gasteiger partial charge in [0.25, 0.3) is 5.22 Å². The van der Waals surface area contributed by atoms with Crippen LogP contribution in [0.5, 0.6) is 0 Å². The van der Waals surface area contributed by atoms with E-state index in [9.17, 15) is 4.39 Å². The fourth-order valence-electron chi connectivity index (χ4n) is 1.66. The minimum Gasteiger partial charge on any atom is -0.439 e. The molecule has 0 aliphatic carbocycles. The quantitative estimate of drug-likeness (QED) is 0.817. The van der Waals surface area contributed by atoms with E-state index in [-0.39, 0.29) is 5.82 Å². The van der Waals surface area contributed by atoms with Gasteiger partial charge in [-0.2, -0.15) is 0 Å². The van der Waals surface area contributed by atoms with Gasteiger partial charge < -0.3 is 9.73 Å². The van der Waals surface area contributed by atoms with Gasteiger partial charge in [-0.1, -0.05) is 6.92 Å².